The average molecular weight is 328 g/mol. The maximum absolute atomic E-state index is 12.8. The van der Waals surface area contributed by atoms with Crippen LogP contribution < -0.4 is 10.1 Å². The van der Waals surface area contributed by atoms with E-state index in [-0.39, 0.29) is 18.3 Å². The van der Waals surface area contributed by atoms with E-state index in [1.165, 1.54) is 24.3 Å². The molecule has 1 aromatic heterocycles. The molecule has 1 heterocycles. The molecule has 0 aliphatic rings. The van der Waals surface area contributed by atoms with Gasteiger partial charge in [0.25, 0.3) is 5.91 Å². The highest BCUT2D eigenvalue weighted by atomic mass is 19.1. The first-order chi connectivity index (χ1) is 11.6. The number of ether oxygens (including phenoxy) is 1. The van der Waals surface area contributed by atoms with E-state index in [0.717, 1.165) is 16.7 Å². The fourth-order valence-electron chi connectivity index (χ4n) is 2.32. The maximum Gasteiger partial charge on any atom is 0.257 e. The van der Waals surface area contributed by atoms with Crippen LogP contribution in [0.25, 0.3) is 11.1 Å². The minimum absolute atomic E-state index is 0.105. The highest BCUT2D eigenvalue weighted by Crippen LogP contribution is 2.17. The van der Waals surface area contributed by atoms with Crippen molar-refractivity contribution >= 4 is 17.0 Å². The number of amides is 1. The fraction of sp³-hybridized carbons (Fsp3) is 0.222. The molecule has 24 heavy (non-hydrogen) atoms. The predicted octanol–water partition coefficient (Wildman–Crippen LogP) is 3.01. The van der Waals surface area contributed by atoms with Gasteiger partial charge in [0, 0.05) is 13.5 Å². The van der Waals surface area contributed by atoms with Gasteiger partial charge in [0.1, 0.15) is 17.1 Å². The first-order valence-electron chi connectivity index (χ1n) is 7.61. The van der Waals surface area contributed by atoms with Gasteiger partial charge in [-0.15, -0.1) is 0 Å². The number of rotatable bonds is 6. The molecule has 124 valence electrons. The van der Waals surface area contributed by atoms with Crippen LogP contribution in [0, 0.1) is 12.7 Å². The van der Waals surface area contributed by atoms with Gasteiger partial charge >= 0.3 is 0 Å². The summed E-state index contributed by atoms with van der Waals surface area (Å²) in [5.41, 5.74) is 2.63. The molecule has 0 atom stereocenters. The van der Waals surface area contributed by atoms with E-state index in [9.17, 15) is 9.18 Å². The molecule has 5 nitrogen and oxygen atoms in total. The lowest BCUT2D eigenvalue weighted by molar-refractivity contribution is -0.123. The number of nitrogens with zero attached hydrogens (tertiary/aromatic N) is 1. The van der Waals surface area contributed by atoms with Crippen LogP contribution >= 0.6 is 0 Å². The quantitative estimate of drug-likeness (QED) is 0.755. The number of aryl methyl sites for hydroxylation is 1. The lowest BCUT2D eigenvalue weighted by atomic mass is 10.1. The molecule has 1 amide bonds. The van der Waals surface area contributed by atoms with E-state index < -0.39 is 0 Å². The summed E-state index contributed by atoms with van der Waals surface area (Å²) in [6, 6.07) is 11.3. The highest BCUT2D eigenvalue weighted by Gasteiger charge is 2.05. The van der Waals surface area contributed by atoms with Gasteiger partial charge in [-0.25, -0.2) is 9.37 Å². The minimum atomic E-state index is -0.342. The Labute approximate surface area is 138 Å². The van der Waals surface area contributed by atoms with E-state index in [1.54, 1.807) is 6.92 Å². The summed E-state index contributed by atoms with van der Waals surface area (Å²) in [7, 11) is 0. The summed E-state index contributed by atoms with van der Waals surface area (Å²) in [5.74, 6) is 0.521. The molecule has 0 aliphatic heterocycles. The zero-order valence-corrected chi connectivity index (χ0v) is 13.2. The van der Waals surface area contributed by atoms with E-state index in [4.69, 9.17) is 9.15 Å². The Hall–Kier alpha value is -2.89. The molecular weight excluding hydrogens is 311 g/mol. The van der Waals surface area contributed by atoms with Crippen molar-refractivity contribution in [2.24, 2.45) is 0 Å². The molecule has 1 N–H and O–H groups in total. The van der Waals surface area contributed by atoms with Crippen LogP contribution in [0.2, 0.25) is 0 Å². The number of carbonyl (C=O) groups excluding carboxylic acids is 1. The number of fused-ring (bicyclic) bond motifs is 1. The number of nitrogens with one attached hydrogen (secondary N) is 1. The SMILES string of the molecule is Cc1nc2ccc(CCNC(=O)COc3ccc(F)cc3)cc2o1. The number of carbonyl (C=O) groups is 1. The molecular formula is C18H17FN2O3. The summed E-state index contributed by atoms with van der Waals surface area (Å²) in [6.07, 6.45) is 0.679. The third-order valence-electron chi connectivity index (χ3n) is 3.48. The van der Waals surface area contributed by atoms with Crippen LogP contribution in [-0.4, -0.2) is 24.0 Å². The van der Waals surface area contributed by atoms with Crippen LogP contribution in [0.4, 0.5) is 4.39 Å². The second kappa shape index (κ2) is 7.12. The Morgan fingerprint density at radius 2 is 2.04 bits per heavy atom. The summed E-state index contributed by atoms with van der Waals surface area (Å²) < 4.78 is 23.5. The lowest BCUT2D eigenvalue weighted by Gasteiger charge is -2.07. The van der Waals surface area contributed by atoms with Crippen molar-refractivity contribution in [2.75, 3.05) is 13.2 Å². The number of halogens is 1. The molecule has 0 fully saturated rings. The zero-order valence-electron chi connectivity index (χ0n) is 13.2. The van der Waals surface area contributed by atoms with Crippen LogP contribution in [-0.2, 0) is 11.2 Å². The summed E-state index contributed by atoms with van der Waals surface area (Å²) in [5, 5.41) is 2.78. The van der Waals surface area contributed by atoms with E-state index in [1.807, 2.05) is 18.2 Å². The molecule has 0 unspecified atom stereocenters. The summed E-state index contributed by atoms with van der Waals surface area (Å²) >= 11 is 0. The van der Waals surface area contributed by atoms with Crippen molar-refractivity contribution in [1.82, 2.24) is 10.3 Å². The van der Waals surface area contributed by atoms with Gasteiger partial charge < -0.3 is 14.5 Å². The highest BCUT2D eigenvalue weighted by molar-refractivity contribution is 5.77. The molecule has 3 aromatic rings. The van der Waals surface area contributed by atoms with Gasteiger partial charge in [-0.2, -0.15) is 0 Å². The van der Waals surface area contributed by atoms with Crippen LogP contribution in [0.3, 0.4) is 0 Å². The van der Waals surface area contributed by atoms with Gasteiger partial charge in [-0.3, -0.25) is 4.79 Å². The molecule has 0 bridgehead atoms. The normalized spacial score (nSPS) is 10.8. The van der Waals surface area contributed by atoms with Crippen LogP contribution in [0.5, 0.6) is 5.75 Å². The largest absolute Gasteiger partial charge is 0.484 e. The minimum Gasteiger partial charge on any atom is -0.484 e. The second-order valence-corrected chi connectivity index (χ2v) is 5.38. The number of aromatic nitrogens is 1. The first kappa shape index (κ1) is 16.0. The van der Waals surface area contributed by atoms with Gasteiger partial charge in [0.15, 0.2) is 18.1 Å². The Balaban J connectivity index is 1.44. The smallest absolute Gasteiger partial charge is 0.257 e. The first-order valence-corrected chi connectivity index (χ1v) is 7.61. The van der Waals surface area contributed by atoms with Crippen molar-refractivity contribution in [3.05, 3.63) is 59.7 Å². The molecule has 0 aliphatic carbocycles. The fourth-order valence-corrected chi connectivity index (χ4v) is 2.32. The predicted molar refractivity (Wildman–Crippen MR) is 87.4 cm³/mol. The van der Waals surface area contributed by atoms with Crippen molar-refractivity contribution in [3.8, 4) is 5.75 Å². The number of oxazole rings is 1. The van der Waals surface area contributed by atoms with Crippen molar-refractivity contribution in [1.29, 1.82) is 0 Å². The Morgan fingerprint density at radius 3 is 2.83 bits per heavy atom. The average Bonchev–Trinajstić information content (AvgIpc) is 2.93. The van der Waals surface area contributed by atoms with Gasteiger partial charge in [-0.1, -0.05) is 6.07 Å². The topological polar surface area (TPSA) is 64.4 Å². The number of hydrogen-bond acceptors (Lipinski definition) is 4. The van der Waals surface area contributed by atoms with Gasteiger partial charge in [0.2, 0.25) is 0 Å². The maximum atomic E-state index is 12.8. The van der Waals surface area contributed by atoms with E-state index in [0.29, 0.717) is 24.6 Å². The Kier molecular flexibility index (Phi) is 4.74. The zero-order chi connectivity index (χ0) is 16.9. The van der Waals surface area contributed by atoms with E-state index >= 15 is 0 Å². The second-order valence-electron chi connectivity index (χ2n) is 5.38. The molecule has 0 saturated heterocycles. The van der Waals surface area contributed by atoms with Crippen molar-refractivity contribution in [3.63, 3.8) is 0 Å². The van der Waals surface area contributed by atoms with Crippen molar-refractivity contribution < 1.29 is 18.3 Å². The number of hydrogen-bond donors (Lipinski definition) is 1. The van der Waals surface area contributed by atoms with Crippen LogP contribution in [0.15, 0.2) is 46.9 Å². The monoisotopic (exact) mass is 328 g/mol. The third kappa shape index (κ3) is 4.10. The molecule has 0 radical (unpaired) electrons. The van der Waals surface area contributed by atoms with E-state index in [2.05, 4.69) is 10.3 Å². The molecule has 3 rings (SSSR count). The molecule has 0 saturated carbocycles. The van der Waals surface area contributed by atoms with Gasteiger partial charge in [-0.05, 0) is 48.4 Å². The summed E-state index contributed by atoms with van der Waals surface area (Å²) in [4.78, 5) is 16.0. The molecule has 0 spiro atoms. The molecule has 2 aromatic carbocycles. The van der Waals surface area contributed by atoms with Crippen molar-refractivity contribution in [2.45, 2.75) is 13.3 Å². The molecule has 6 heteroatoms. The standard InChI is InChI=1S/C18H17FN2O3/c1-12-21-16-7-2-13(10-17(16)24-12)8-9-20-18(22)11-23-15-5-3-14(19)4-6-15/h2-7,10H,8-9,11H2,1H3,(H,20,22). The lowest BCUT2D eigenvalue weighted by Crippen LogP contribution is -2.30. The number of benzene rings is 2. The van der Waals surface area contributed by atoms with Gasteiger partial charge in [0.05, 0.1) is 0 Å². The third-order valence-corrected chi connectivity index (χ3v) is 3.48. The Morgan fingerprint density at radius 1 is 1.25 bits per heavy atom. The van der Waals surface area contributed by atoms with Crippen LogP contribution in [0.1, 0.15) is 11.5 Å². The summed E-state index contributed by atoms with van der Waals surface area (Å²) in [6.45, 7) is 2.19. The Bertz CT molecular complexity index is 843.